The van der Waals surface area contributed by atoms with E-state index in [9.17, 15) is 18.0 Å². The van der Waals surface area contributed by atoms with Crippen molar-refractivity contribution in [3.63, 3.8) is 0 Å². The lowest BCUT2D eigenvalue weighted by molar-refractivity contribution is -0.274. The summed E-state index contributed by atoms with van der Waals surface area (Å²) in [4.78, 5) is 13.6. The van der Waals surface area contributed by atoms with Crippen LogP contribution in [0.1, 0.15) is 0 Å². The van der Waals surface area contributed by atoms with Crippen LogP contribution in [0.3, 0.4) is 0 Å². The topological polar surface area (TPSA) is 41.6 Å². The zero-order chi connectivity index (χ0) is 14.6. The molecule has 0 spiro atoms. The average Bonchev–Trinajstić information content (AvgIpc) is 2.40. The van der Waals surface area contributed by atoms with Gasteiger partial charge in [-0.15, -0.1) is 13.2 Å². The highest BCUT2D eigenvalue weighted by molar-refractivity contribution is 7.99. The Morgan fingerprint density at radius 3 is 2.35 bits per heavy atom. The first-order valence-electron chi connectivity index (χ1n) is 5.93. The van der Waals surface area contributed by atoms with Crippen LogP contribution >= 0.6 is 11.8 Å². The molecule has 1 heterocycles. The van der Waals surface area contributed by atoms with Gasteiger partial charge in [-0.25, -0.2) is 4.79 Å². The fourth-order valence-electron chi connectivity index (χ4n) is 1.71. The lowest BCUT2D eigenvalue weighted by atomic mass is 10.3. The normalized spacial score (nSPS) is 15.8. The highest BCUT2D eigenvalue weighted by Crippen LogP contribution is 2.24. The number of thioether (sulfide) groups is 1. The van der Waals surface area contributed by atoms with E-state index >= 15 is 0 Å². The number of carbonyl (C=O) groups excluding carboxylic acids is 1. The smallest absolute Gasteiger partial charge is 0.406 e. The van der Waals surface area contributed by atoms with E-state index in [0.29, 0.717) is 18.8 Å². The van der Waals surface area contributed by atoms with Crippen molar-refractivity contribution in [3.05, 3.63) is 24.3 Å². The molecule has 1 saturated heterocycles. The van der Waals surface area contributed by atoms with Crippen molar-refractivity contribution < 1.29 is 22.7 Å². The standard InChI is InChI=1S/C12H13F3N2O2S/c13-12(14,15)19-10-3-1-9(2-4-10)16-11(18)17-5-7-20-8-6-17/h1-4H,5-8H2,(H,16,18). The molecular formula is C12H13F3N2O2S. The Kier molecular flexibility index (Phi) is 4.64. The van der Waals surface area contributed by atoms with E-state index < -0.39 is 6.36 Å². The first-order valence-corrected chi connectivity index (χ1v) is 7.09. The Morgan fingerprint density at radius 2 is 1.80 bits per heavy atom. The molecule has 1 aromatic rings. The molecule has 1 N–H and O–H groups in total. The maximum atomic E-state index is 12.0. The summed E-state index contributed by atoms with van der Waals surface area (Å²) in [6.07, 6.45) is -4.71. The second-order valence-corrected chi connectivity index (χ2v) is 5.33. The van der Waals surface area contributed by atoms with Crippen molar-refractivity contribution in [2.24, 2.45) is 0 Å². The van der Waals surface area contributed by atoms with Crippen LogP contribution in [0.15, 0.2) is 24.3 Å². The van der Waals surface area contributed by atoms with Crippen molar-refractivity contribution in [3.8, 4) is 5.75 Å². The van der Waals surface area contributed by atoms with Crippen LogP contribution < -0.4 is 10.1 Å². The predicted molar refractivity (Wildman–Crippen MR) is 71.0 cm³/mol. The largest absolute Gasteiger partial charge is 0.573 e. The molecule has 0 radical (unpaired) electrons. The zero-order valence-corrected chi connectivity index (χ0v) is 11.3. The van der Waals surface area contributed by atoms with Gasteiger partial charge in [0.1, 0.15) is 5.75 Å². The summed E-state index contributed by atoms with van der Waals surface area (Å²) in [6.45, 7) is 1.34. The Hall–Kier alpha value is -1.57. The number of anilines is 1. The van der Waals surface area contributed by atoms with Gasteiger partial charge in [-0.2, -0.15) is 11.8 Å². The van der Waals surface area contributed by atoms with Crippen molar-refractivity contribution in [1.29, 1.82) is 0 Å². The van der Waals surface area contributed by atoms with Crippen LogP contribution in [0.2, 0.25) is 0 Å². The molecule has 0 aliphatic carbocycles. The maximum Gasteiger partial charge on any atom is 0.573 e. The average molecular weight is 306 g/mol. The van der Waals surface area contributed by atoms with Gasteiger partial charge in [-0.3, -0.25) is 0 Å². The zero-order valence-electron chi connectivity index (χ0n) is 10.4. The van der Waals surface area contributed by atoms with Crippen LogP contribution in [0, 0.1) is 0 Å². The summed E-state index contributed by atoms with van der Waals surface area (Å²) >= 11 is 1.78. The third-order valence-electron chi connectivity index (χ3n) is 2.64. The fraction of sp³-hybridized carbons (Fsp3) is 0.417. The number of rotatable bonds is 2. The Morgan fingerprint density at radius 1 is 1.20 bits per heavy atom. The van der Waals surface area contributed by atoms with Gasteiger partial charge in [0.15, 0.2) is 0 Å². The molecule has 20 heavy (non-hydrogen) atoms. The quantitative estimate of drug-likeness (QED) is 0.912. The molecule has 0 saturated carbocycles. The number of hydrogen-bond donors (Lipinski definition) is 1. The number of nitrogens with zero attached hydrogens (tertiary/aromatic N) is 1. The summed E-state index contributed by atoms with van der Waals surface area (Å²) in [5.41, 5.74) is 0.433. The molecule has 2 rings (SSSR count). The first kappa shape index (κ1) is 14.8. The van der Waals surface area contributed by atoms with Crippen molar-refractivity contribution in [2.75, 3.05) is 29.9 Å². The van der Waals surface area contributed by atoms with Gasteiger partial charge in [-0.1, -0.05) is 0 Å². The van der Waals surface area contributed by atoms with E-state index in [4.69, 9.17) is 0 Å². The van der Waals surface area contributed by atoms with Crippen LogP contribution in [-0.4, -0.2) is 41.9 Å². The number of halogens is 3. The van der Waals surface area contributed by atoms with Gasteiger partial charge in [0.05, 0.1) is 0 Å². The highest BCUT2D eigenvalue weighted by Gasteiger charge is 2.31. The summed E-state index contributed by atoms with van der Waals surface area (Å²) in [5.74, 6) is 1.47. The molecule has 1 aromatic carbocycles. The molecular weight excluding hydrogens is 293 g/mol. The lowest BCUT2D eigenvalue weighted by Crippen LogP contribution is -2.40. The summed E-state index contributed by atoms with van der Waals surface area (Å²) in [6, 6.07) is 4.83. The molecule has 110 valence electrons. The second kappa shape index (κ2) is 6.25. The Bertz CT molecular complexity index is 459. The Labute approximate surface area is 118 Å². The van der Waals surface area contributed by atoms with E-state index in [1.54, 1.807) is 16.7 Å². The first-order chi connectivity index (χ1) is 9.44. The minimum atomic E-state index is -4.71. The number of benzene rings is 1. The van der Waals surface area contributed by atoms with Gasteiger partial charge in [-0.05, 0) is 24.3 Å². The lowest BCUT2D eigenvalue weighted by Gasteiger charge is -2.26. The van der Waals surface area contributed by atoms with Gasteiger partial charge in [0, 0.05) is 30.3 Å². The van der Waals surface area contributed by atoms with E-state index in [2.05, 4.69) is 10.1 Å². The molecule has 1 aliphatic rings. The van der Waals surface area contributed by atoms with Crippen LogP contribution in [0.5, 0.6) is 5.75 Å². The third kappa shape index (κ3) is 4.52. The summed E-state index contributed by atoms with van der Waals surface area (Å²) in [7, 11) is 0. The van der Waals surface area contributed by atoms with Crippen LogP contribution in [0.25, 0.3) is 0 Å². The van der Waals surface area contributed by atoms with Crippen molar-refractivity contribution in [2.45, 2.75) is 6.36 Å². The van der Waals surface area contributed by atoms with Gasteiger partial charge >= 0.3 is 12.4 Å². The summed E-state index contributed by atoms with van der Waals surface area (Å²) in [5, 5.41) is 2.64. The molecule has 0 atom stereocenters. The monoisotopic (exact) mass is 306 g/mol. The highest BCUT2D eigenvalue weighted by atomic mass is 32.2. The molecule has 4 nitrogen and oxygen atoms in total. The number of amides is 2. The van der Waals surface area contributed by atoms with Crippen molar-refractivity contribution >= 4 is 23.5 Å². The molecule has 0 aromatic heterocycles. The van der Waals surface area contributed by atoms with Crippen molar-refractivity contribution in [1.82, 2.24) is 4.90 Å². The van der Waals surface area contributed by atoms with Gasteiger partial charge < -0.3 is 15.0 Å². The maximum absolute atomic E-state index is 12.0. The van der Waals surface area contributed by atoms with Crippen LogP contribution in [0.4, 0.5) is 23.7 Å². The fourth-order valence-corrected chi connectivity index (χ4v) is 2.61. The molecule has 8 heteroatoms. The van der Waals surface area contributed by atoms with E-state index in [1.807, 2.05) is 0 Å². The molecule has 1 fully saturated rings. The van der Waals surface area contributed by atoms with Crippen LogP contribution in [-0.2, 0) is 0 Å². The minimum Gasteiger partial charge on any atom is -0.406 e. The number of ether oxygens (including phenoxy) is 1. The summed E-state index contributed by atoms with van der Waals surface area (Å²) < 4.78 is 39.7. The number of urea groups is 1. The molecule has 2 amide bonds. The molecule has 0 unspecified atom stereocenters. The molecule has 1 aliphatic heterocycles. The van der Waals surface area contributed by atoms with E-state index in [1.165, 1.54) is 12.1 Å². The van der Waals surface area contributed by atoms with Gasteiger partial charge in [0.25, 0.3) is 0 Å². The Balaban J connectivity index is 1.91. The SMILES string of the molecule is O=C(Nc1ccc(OC(F)(F)F)cc1)N1CCSCC1. The predicted octanol–water partition coefficient (Wildman–Crippen LogP) is 3.17. The number of carbonyl (C=O) groups is 1. The van der Waals surface area contributed by atoms with E-state index in [0.717, 1.165) is 23.6 Å². The van der Waals surface area contributed by atoms with E-state index in [-0.39, 0.29) is 11.8 Å². The second-order valence-electron chi connectivity index (χ2n) is 4.10. The van der Waals surface area contributed by atoms with Gasteiger partial charge in [0.2, 0.25) is 0 Å². The number of nitrogens with one attached hydrogen (secondary N) is 1. The molecule has 0 bridgehead atoms. The number of hydrogen-bond acceptors (Lipinski definition) is 3. The third-order valence-corrected chi connectivity index (χ3v) is 3.58. The number of alkyl halides is 3. The minimum absolute atomic E-state index is 0.241.